The maximum absolute atomic E-state index is 12.7. The quantitative estimate of drug-likeness (QED) is 0.747. The summed E-state index contributed by atoms with van der Waals surface area (Å²) in [4.78, 5) is 14.7. The fraction of sp³-hybridized carbons (Fsp3) is 0.533. The van der Waals surface area contributed by atoms with Crippen molar-refractivity contribution in [3.05, 3.63) is 33.3 Å². The predicted molar refractivity (Wildman–Crippen MR) is 82.7 cm³/mol. The van der Waals surface area contributed by atoms with E-state index in [2.05, 4.69) is 22.9 Å². The van der Waals surface area contributed by atoms with Crippen molar-refractivity contribution >= 4 is 33.4 Å². The average molecular weight is 345 g/mol. The zero-order valence-corrected chi connectivity index (χ0v) is 13.5. The van der Waals surface area contributed by atoms with Crippen LogP contribution in [0.15, 0.2) is 22.7 Å². The molecule has 4 heteroatoms. The largest absolute Gasteiger partial charge is 0.336 e. The molecule has 1 aromatic carbocycles. The second kappa shape index (κ2) is 6.76. The number of carbonyl (C=O) groups excluding carboxylic acids is 1. The van der Waals surface area contributed by atoms with Crippen molar-refractivity contribution in [2.24, 2.45) is 0 Å². The second-order valence-corrected chi connectivity index (χ2v) is 6.42. The van der Waals surface area contributed by atoms with Crippen LogP contribution in [0.2, 0.25) is 5.02 Å². The molecule has 1 unspecified atom stereocenters. The van der Waals surface area contributed by atoms with Crippen LogP contribution >= 0.6 is 27.5 Å². The summed E-state index contributed by atoms with van der Waals surface area (Å²) in [5, 5.41) is 0.598. The Morgan fingerprint density at radius 1 is 1.37 bits per heavy atom. The highest BCUT2D eigenvalue weighted by atomic mass is 79.9. The Balaban J connectivity index is 2.25. The summed E-state index contributed by atoms with van der Waals surface area (Å²) in [6.07, 6.45) is 5.68. The molecule has 0 N–H and O–H groups in total. The van der Waals surface area contributed by atoms with E-state index in [-0.39, 0.29) is 5.91 Å². The van der Waals surface area contributed by atoms with Crippen LogP contribution in [0.5, 0.6) is 0 Å². The molecule has 1 aliphatic heterocycles. The minimum absolute atomic E-state index is 0.108. The van der Waals surface area contributed by atoms with Crippen molar-refractivity contribution in [3.8, 4) is 0 Å². The van der Waals surface area contributed by atoms with Crippen LogP contribution in [-0.2, 0) is 0 Å². The molecular formula is C15H19BrClNO. The van der Waals surface area contributed by atoms with Gasteiger partial charge in [0, 0.05) is 27.6 Å². The molecule has 0 bridgehead atoms. The smallest absolute Gasteiger partial charge is 0.254 e. The summed E-state index contributed by atoms with van der Waals surface area (Å²) in [5.74, 6) is 0.108. The van der Waals surface area contributed by atoms with Gasteiger partial charge in [-0.3, -0.25) is 4.79 Å². The first-order valence-electron chi connectivity index (χ1n) is 6.89. The van der Waals surface area contributed by atoms with E-state index in [1.807, 2.05) is 11.0 Å². The molecule has 0 aromatic heterocycles. The zero-order valence-electron chi connectivity index (χ0n) is 11.2. The zero-order chi connectivity index (χ0) is 13.8. The van der Waals surface area contributed by atoms with E-state index < -0.39 is 0 Å². The second-order valence-electron chi connectivity index (χ2n) is 5.07. The van der Waals surface area contributed by atoms with Crippen LogP contribution in [0.4, 0.5) is 0 Å². The van der Waals surface area contributed by atoms with Crippen molar-refractivity contribution in [1.82, 2.24) is 4.90 Å². The number of hydrogen-bond donors (Lipinski definition) is 0. The Bertz CT molecular complexity index is 443. The normalized spacial score (nSPS) is 20.2. The molecule has 0 spiro atoms. The molecule has 1 aromatic rings. The molecule has 1 fully saturated rings. The third-order valence-electron chi connectivity index (χ3n) is 3.72. The maximum Gasteiger partial charge on any atom is 0.254 e. The Morgan fingerprint density at radius 3 is 2.84 bits per heavy atom. The van der Waals surface area contributed by atoms with Gasteiger partial charge < -0.3 is 4.90 Å². The Labute approximate surface area is 128 Å². The van der Waals surface area contributed by atoms with Gasteiger partial charge in [0.05, 0.1) is 0 Å². The van der Waals surface area contributed by atoms with E-state index in [9.17, 15) is 4.79 Å². The van der Waals surface area contributed by atoms with Crippen molar-refractivity contribution in [2.45, 2.75) is 45.1 Å². The van der Waals surface area contributed by atoms with Crippen molar-refractivity contribution in [3.63, 3.8) is 0 Å². The fourth-order valence-electron chi connectivity index (χ4n) is 2.71. The number of carbonyl (C=O) groups is 1. The number of benzene rings is 1. The minimum Gasteiger partial charge on any atom is -0.336 e. The lowest BCUT2D eigenvalue weighted by Gasteiger charge is -2.29. The summed E-state index contributed by atoms with van der Waals surface area (Å²) in [5.41, 5.74) is 0.680. The molecule has 1 aliphatic rings. The number of rotatable bonds is 2. The van der Waals surface area contributed by atoms with Crippen molar-refractivity contribution in [1.29, 1.82) is 0 Å². The molecule has 1 saturated heterocycles. The minimum atomic E-state index is 0.108. The summed E-state index contributed by atoms with van der Waals surface area (Å²) < 4.78 is 0.853. The van der Waals surface area contributed by atoms with E-state index in [0.717, 1.165) is 30.3 Å². The van der Waals surface area contributed by atoms with Gasteiger partial charge in [0.2, 0.25) is 0 Å². The van der Waals surface area contributed by atoms with Gasteiger partial charge in [-0.25, -0.2) is 0 Å². The van der Waals surface area contributed by atoms with E-state index in [1.165, 1.54) is 12.8 Å². The number of amides is 1. The van der Waals surface area contributed by atoms with Crippen molar-refractivity contribution in [2.75, 3.05) is 6.54 Å². The molecule has 0 aliphatic carbocycles. The third kappa shape index (κ3) is 3.73. The fourth-order valence-corrected chi connectivity index (χ4v) is 3.57. The molecule has 1 amide bonds. The van der Waals surface area contributed by atoms with E-state index in [4.69, 9.17) is 11.6 Å². The summed E-state index contributed by atoms with van der Waals surface area (Å²) in [6.45, 7) is 3.02. The van der Waals surface area contributed by atoms with Crippen LogP contribution in [0, 0.1) is 0 Å². The number of nitrogens with zero attached hydrogens (tertiary/aromatic N) is 1. The summed E-state index contributed by atoms with van der Waals surface area (Å²) in [6, 6.07) is 5.78. The van der Waals surface area contributed by atoms with Gasteiger partial charge in [0.25, 0.3) is 5.91 Å². The monoisotopic (exact) mass is 343 g/mol. The molecule has 2 rings (SSSR count). The number of likely N-dealkylation sites (tertiary alicyclic amines) is 1. The Hall–Kier alpha value is -0.540. The molecule has 19 heavy (non-hydrogen) atoms. The summed E-state index contributed by atoms with van der Waals surface area (Å²) in [7, 11) is 0. The van der Waals surface area contributed by atoms with Crippen LogP contribution in [-0.4, -0.2) is 23.4 Å². The highest BCUT2D eigenvalue weighted by Gasteiger charge is 2.25. The van der Waals surface area contributed by atoms with Crippen LogP contribution in [0.1, 0.15) is 49.4 Å². The SMILES string of the molecule is CCC1CCCCCN1C(=O)c1cc(Cl)cc(Br)c1. The van der Waals surface area contributed by atoms with Gasteiger partial charge in [-0.2, -0.15) is 0 Å². The lowest BCUT2D eigenvalue weighted by atomic mass is 10.1. The number of halogens is 2. The van der Waals surface area contributed by atoms with Crippen LogP contribution < -0.4 is 0 Å². The van der Waals surface area contributed by atoms with Gasteiger partial charge in [-0.15, -0.1) is 0 Å². The van der Waals surface area contributed by atoms with Gasteiger partial charge >= 0.3 is 0 Å². The predicted octanol–water partition coefficient (Wildman–Crippen LogP) is 4.90. The van der Waals surface area contributed by atoms with Crippen LogP contribution in [0.25, 0.3) is 0 Å². The molecule has 0 radical (unpaired) electrons. The molecular weight excluding hydrogens is 326 g/mol. The highest BCUT2D eigenvalue weighted by Crippen LogP contribution is 2.24. The molecule has 2 nitrogen and oxygen atoms in total. The number of hydrogen-bond acceptors (Lipinski definition) is 1. The van der Waals surface area contributed by atoms with E-state index in [1.54, 1.807) is 12.1 Å². The lowest BCUT2D eigenvalue weighted by molar-refractivity contribution is 0.0678. The Morgan fingerprint density at radius 2 is 2.16 bits per heavy atom. The first kappa shape index (κ1) is 14.9. The summed E-state index contributed by atoms with van der Waals surface area (Å²) >= 11 is 9.43. The molecule has 1 atom stereocenters. The first-order chi connectivity index (χ1) is 9.11. The Kier molecular flexibility index (Phi) is 5.28. The maximum atomic E-state index is 12.7. The van der Waals surface area contributed by atoms with Gasteiger partial charge in [0.1, 0.15) is 0 Å². The average Bonchev–Trinajstić information content (AvgIpc) is 2.61. The first-order valence-corrected chi connectivity index (χ1v) is 8.06. The van der Waals surface area contributed by atoms with Gasteiger partial charge in [0.15, 0.2) is 0 Å². The molecule has 104 valence electrons. The third-order valence-corrected chi connectivity index (χ3v) is 4.39. The molecule has 1 heterocycles. The van der Waals surface area contributed by atoms with Gasteiger partial charge in [-0.1, -0.05) is 47.3 Å². The van der Waals surface area contributed by atoms with E-state index in [0.29, 0.717) is 16.6 Å². The van der Waals surface area contributed by atoms with Gasteiger partial charge in [-0.05, 0) is 37.5 Å². The van der Waals surface area contributed by atoms with Crippen LogP contribution in [0.3, 0.4) is 0 Å². The lowest BCUT2D eigenvalue weighted by Crippen LogP contribution is -2.39. The standard InChI is InChI=1S/C15H19BrClNO/c1-2-14-6-4-3-5-7-18(14)15(19)11-8-12(16)10-13(17)9-11/h8-10,14H,2-7H2,1H3. The molecule has 0 saturated carbocycles. The van der Waals surface area contributed by atoms with Crippen molar-refractivity contribution < 1.29 is 4.79 Å². The van der Waals surface area contributed by atoms with E-state index >= 15 is 0 Å². The topological polar surface area (TPSA) is 20.3 Å². The highest BCUT2D eigenvalue weighted by molar-refractivity contribution is 9.10.